The first-order valence-corrected chi connectivity index (χ1v) is 10.4. The van der Waals surface area contributed by atoms with Gasteiger partial charge in [-0.05, 0) is 68.7 Å². The maximum Gasteiger partial charge on any atom is 0.269 e. The van der Waals surface area contributed by atoms with Gasteiger partial charge in [-0.25, -0.2) is 0 Å². The molecule has 0 unspecified atom stereocenters. The van der Waals surface area contributed by atoms with Gasteiger partial charge in [-0.3, -0.25) is 14.6 Å². The normalized spacial score (nSPS) is 13.5. The molecule has 0 radical (unpaired) electrons. The first kappa shape index (κ1) is 20.8. The van der Waals surface area contributed by atoms with Crippen molar-refractivity contribution in [2.75, 3.05) is 11.9 Å². The van der Waals surface area contributed by atoms with Crippen LogP contribution in [0.4, 0.5) is 5.69 Å². The zero-order chi connectivity index (χ0) is 20.6. The predicted octanol–water partition coefficient (Wildman–Crippen LogP) is 4.83. The van der Waals surface area contributed by atoms with Gasteiger partial charge in [-0.1, -0.05) is 36.8 Å². The molecule has 1 aliphatic carbocycles. The molecule has 0 saturated heterocycles. The minimum atomic E-state index is -0.249. The van der Waals surface area contributed by atoms with Crippen molar-refractivity contribution in [1.29, 1.82) is 0 Å². The third kappa shape index (κ3) is 5.53. The fourth-order valence-electron chi connectivity index (χ4n) is 3.64. The monoisotopic (exact) mass is 391 g/mol. The number of carbonyl (C=O) groups is 2. The van der Waals surface area contributed by atoms with Gasteiger partial charge in [0.1, 0.15) is 5.69 Å². The molecule has 0 bridgehead atoms. The summed E-state index contributed by atoms with van der Waals surface area (Å²) in [4.78, 5) is 29.3. The summed E-state index contributed by atoms with van der Waals surface area (Å²) in [7, 11) is 0. The Morgan fingerprint density at radius 3 is 2.76 bits per heavy atom. The molecule has 5 nitrogen and oxygen atoms in total. The Labute approximate surface area is 172 Å². The van der Waals surface area contributed by atoms with Gasteiger partial charge in [0.05, 0.1) is 0 Å². The summed E-state index contributed by atoms with van der Waals surface area (Å²) in [6.45, 7) is 4.62. The number of carbonyl (C=O) groups excluding carboxylic acids is 2. The Bertz CT molecular complexity index is 918. The van der Waals surface area contributed by atoms with Crippen molar-refractivity contribution < 1.29 is 9.59 Å². The minimum Gasteiger partial charge on any atom is -0.350 e. The van der Waals surface area contributed by atoms with E-state index in [2.05, 4.69) is 28.6 Å². The number of anilines is 1. The third-order valence-electron chi connectivity index (χ3n) is 5.35. The molecule has 2 N–H and O–H groups in total. The smallest absolute Gasteiger partial charge is 0.269 e. The van der Waals surface area contributed by atoms with E-state index in [-0.39, 0.29) is 17.5 Å². The molecule has 0 aliphatic heterocycles. The van der Waals surface area contributed by atoms with Crippen LogP contribution in [0, 0.1) is 6.92 Å². The van der Waals surface area contributed by atoms with Crippen LogP contribution in [0.1, 0.15) is 71.0 Å². The van der Waals surface area contributed by atoms with E-state index in [1.807, 2.05) is 25.1 Å². The van der Waals surface area contributed by atoms with Crippen LogP contribution in [-0.4, -0.2) is 23.3 Å². The highest BCUT2D eigenvalue weighted by molar-refractivity contribution is 6.06. The number of allylic oxidation sites excluding steroid dienone is 1. The van der Waals surface area contributed by atoms with E-state index in [0.29, 0.717) is 12.1 Å². The second-order valence-corrected chi connectivity index (χ2v) is 7.46. The highest BCUT2D eigenvalue weighted by atomic mass is 16.2. The molecule has 5 heteroatoms. The van der Waals surface area contributed by atoms with Gasteiger partial charge in [0, 0.05) is 24.0 Å². The molecule has 1 heterocycles. The first-order chi connectivity index (χ1) is 14.1. The molecule has 3 rings (SSSR count). The lowest BCUT2D eigenvalue weighted by Gasteiger charge is -2.14. The number of hydrogen-bond donors (Lipinski definition) is 2. The maximum atomic E-state index is 12.8. The van der Waals surface area contributed by atoms with E-state index in [0.717, 1.165) is 42.5 Å². The second kappa shape index (κ2) is 10.0. The highest BCUT2D eigenvalue weighted by Gasteiger charge is 2.14. The third-order valence-corrected chi connectivity index (χ3v) is 5.35. The summed E-state index contributed by atoms with van der Waals surface area (Å²) >= 11 is 0. The van der Waals surface area contributed by atoms with Crippen molar-refractivity contribution in [2.24, 2.45) is 0 Å². The number of aryl methyl sites for hydroxylation is 2. The van der Waals surface area contributed by atoms with E-state index in [1.54, 1.807) is 12.1 Å². The van der Waals surface area contributed by atoms with E-state index in [9.17, 15) is 9.59 Å². The van der Waals surface area contributed by atoms with Gasteiger partial charge in [-0.15, -0.1) is 0 Å². The van der Waals surface area contributed by atoms with Crippen LogP contribution in [0.5, 0.6) is 0 Å². The largest absolute Gasteiger partial charge is 0.350 e. The Kier molecular flexibility index (Phi) is 7.17. The first-order valence-electron chi connectivity index (χ1n) is 10.4. The number of nitrogens with one attached hydrogen (secondary N) is 2. The second-order valence-electron chi connectivity index (χ2n) is 7.46. The Morgan fingerprint density at radius 1 is 1.14 bits per heavy atom. The molecule has 2 amide bonds. The van der Waals surface area contributed by atoms with Crippen molar-refractivity contribution >= 4 is 17.5 Å². The van der Waals surface area contributed by atoms with Crippen LogP contribution < -0.4 is 10.6 Å². The molecule has 0 spiro atoms. The molecule has 0 saturated carbocycles. The summed E-state index contributed by atoms with van der Waals surface area (Å²) in [6.07, 6.45) is 10.3. The van der Waals surface area contributed by atoms with Crippen molar-refractivity contribution in [2.45, 2.75) is 52.4 Å². The van der Waals surface area contributed by atoms with Crippen molar-refractivity contribution in [3.05, 3.63) is 70.6 Å². The lowest BCUT2D eigenvalue weighted by molar-refractivity contribution is 0.0949. The number of amides is 2. The van der Waals surface area contributed by atoms with E-state index in [4.69, 9.17) is 0 Å². The van der Waals surface area contributed by atoms with Crippen LogP contribution in [0.15, 0.2) is 48.2 Å². The molecule has 29 heavy (non-hydrogen) atoms. The topological polar surface area (TPSA) is 71.1 Å². The van der Waals surface area contributed by atoms with Crippen molar-refractivity contribution in [3.8, 4) is 0 Å². The lowest BCUT2D eigenvalue weighted by atomic mass is 9.97. The molecule has 2 aromatic rings. The molecule has 1 aliphatic rings. The standard InChI is InChI=1S/C24H29N3O2/c1-3-19-11-7-8-17(2)22(19)27-23(28)20-13-15-25-21(16-20)24(29)26-14-12-18-9-5-4-6-10-18/h7-9,11,13,15-16H,3-6,10,12,14H2,1-2H3,(H,26,29)(H,27,28). The van der Waals surface area contributed by atoms with Crippen molar-refractivity contribution in [1.82, 2.24) is 10.3 Å². The molecular weight excluding hydrogens is 362 g/mol. The molecule has 152 valence electrons. The molecular formula is C24H29N3O2. The number of pyridine rings is 1. The number of para-hydroxylation sites is 1. The van der Waals surface area contributed by atoms with Gasteiger partial charge in [0.2, 0.25) is 0 Å². The molecule has 1 aromatic carbocycles. The Hall–Kier alpha value is -2.95. The summed E-state index contributed by atoms with van der Waals surface area (Å²) in [6, 6.07) is 9.15. The SMILES string of the molecule is CCc1cccc(C)c1NC(=O)c1ccnc(C(=O)NCCC2=CCCCC2)c1. The minimum absolute atomic E-state index is 0.238. The number of hydrogen-bond acceptors (Lipinski definition) is 3. The number of aromatic nitrogens is 1. The van der Waals surface area contributed by atoms with Crippen LogP contribution >= 0.6 is 0 Å². The zero-order valence-corrected chi connectivity index (χ0v) is 17.3. The number of benzene rings is 1. The molecule has 1 aromatic heterocycles. The summed E-state index contributed by atoms with van der Waals surface area (Å²) in [5.41, 5.74) is 5.04. The number of rotatable bonds is 7. The Balaban J connectivity index is 1.63. The lowest BCUT2D eigenvalue weighted by Crippen LogP contribution is -2.26. The van der Waals surface area contributed by atoms with Gasteiger partial charge in [-0.2, -0.15) is 0 Å². The van der Waals surface area contributed by atoms with Crippen LogP contribution in [0.2, 0.25) is 0 Å². The van der Waals surface area contributed by atoms with Gasteiger partial charge >= 0.3 is 0 Å². The Morgan fingerprint density at radius 2 is 2.00 bits per heavy atom. The fourth-order valence-corrected chi connectivity index (χ4v) is 3.64. The average molecular weight is 392 g/mol. The van der Waals surface area contributed by atoms with Gasteiger partial charge in [0.25, 0.3) is 11.8 Å². The van der Waals surface area contributed by atoms with Crippen molar-refractivity contribution in [3.63, 3.8) is 0 Å². The highest BCUT2D eigenvalue weighted by Crippen LogP contribution is 2.22. The predicted molar refractivity (Wildman–Crippen MR) is 116 cm³/mol. The van der Waals surface area contributed by atoms with E-state index in [1.165, 1.54) is 24.6 Å². The summed E-state index contributed by atoms with van der Waals surface area (Å²) < 4.78 is 0. The summed E-state index contributed by atoms with van der Waals surface area (Å²) in [5, 5.41) is 5.91. The zero-order valence-electron chi connectivity index (χ0n) is 17.3. The van der Waals surface area contributed by atoms with E-state index < -0.39 is 0 Å². The summed E-state index contributed by atoms with van der Waals surface area (Å²) in [5.74, 6) is -0.487. The van der Waals surface area contributed by atoms with Gasteiger partial charge in [0.15, 0.2) is 0 Å². The maximum absolute atomic E-state index is 12.8. The van der Waals surface area contributed by atoms with Gasteiger partial charge < -0.3 is 10.6 Å². The quantitative estimate of drug-likeness (QED) is 0.665. The van der Waals surface area contributed by atoms with Crippen LogP contribution in [0.3, 0.4) is 0 Å². The molecule has 0 fully saturated rings. The van der Waals surface area contributed by atoms with Crippen LogP contribution in [-0.2, 0) is 6.42 Å². The molecule has 0 atom stereocenters. The number of nitrogens with zero attached hydrogens (tertiary/aromatic N) is 1. The van der Waals surface area contributed by atoms with Crippen LogP contribution in [0.25, 0.3) is 0 Å². The average Bonchev–Trinajstić information content (AvgIpc) is 2.75. The fraction of sp³-hybridized carbons (Fsp3) is 0.375. The van der Waals surface area contributed by atoms with E-state index >= 15 is 0 Å².